The minimum absolute atomic E-state index is 0.0533. The first-order valence-electron chi connectivity index (χ1n) is 9.67. The second kappa shape index (κ2) is 7.67. The van der Waals surface area contributed by atoms with E-state index < -0.39 is 5.92 Å². The molecule has 0 spiro atoms. The van der Waals surface area contributed by atoms with Crippen molar-refractivity contribution in [1.29, 1.82) is 0 Å². The van der Waals surface area contributed by atoms with Crippen molar-refractivity contribution in [2.45, 2.75) is 40.0 Å². The van der Waals surface area contributed by atoms with E-state index in [0.29, 0.717) is 28.7 Å². The standard InChI is InChI=1S/C22H27NO3/c1-4-23(5-2)12-8-9-15-13-18(24)14(3)19-20(15)22(26)17-11-7-6-10-16(17)21(19)25/h6-7,10-11,14-15H,4-5,8-9,12-13H2,1-3H3. The summed E-state index contributed by atoms with van der Waals surface area (Å²) in [5.41, 5.74) is 2.00. The van der Waals surface area contributed by atoms with Crippen LogP contribution < -0.4 is 0 Å². The maximum atomic E-state index is 13.1. The molecule has 4 nitrogen and oxygen atoms in total. The molecule has 0 N–H and O–H groups in total. The molecule has 4 heteroatoms. The van der Waals surface area contributed by atoms with E-state index in [4.69, 9.17) is 0 Å². The Morgan fingerprint density at radius 3 is 2.12 bits per heavy atom. The summed E-state index contributed by atoms with van der Waals surface area (Å²) < 4.78 is 0. The minimum Gasteiger partial charge on any atom is -0.304 e. The van der Waals surface area contributed by atoms with Gasteiger partial charge in [0.05, 0.1) is 0 Å². The highest BCUT2D eigenvalue weighted by Crippen LogP contribution is 2.41. The Bertz CT molecular complexity index is 773. The van der Waals surface area contributed by atoms with Gasteiger partial charge in [-0.25, -0.2) is 0 Å². The fraction of sp³-hybridized carbons (Fsp3) is 0.500. The van der Waals surface area contributed by atoms with Crippen LogP contribution >= 0.6 is 0 Å². The molecular weight excluding hydrogens is 326 g/mol. The van der Waals surface area contributed by atoms with Crippen molar-refractivity contribution in [3.8, 4) is 0 Å². The van der Waals surface area contributed by atoms with Crippen molar-refractivity contribution >= 4 is 17.3 Å². The lowest BCUT2D eigenvalue weighted by molar-refractivity contribution is -0.122. The number of benzene rings is 1. The van der Waals surface area contributed by atoms with Crippen LogP contribution in [0.15, 0.2) is 35.4 Å². The van der Waals surface area contributed by atoms with Crippen molar-refractivity contribution in [3.05, 3.63) is 46.5 Å². The summed E-state index contributed by atoms with van der Waals surface area (Å²) >= 11 is 0. The zero-order valence-electron chi connectivity index (χ0n) is 15.9. The molecule has 2 atom stereocenters. The number of Topliss-reactive ketones (excluding diaryl/α,β-unsaturated/α-hetero) is 3. The molecule has 0 fully saturated rings. The summed E-state index contributed by atoms with van der Waals surface area (Å²) in [6.07, 6.45) is 2.07. The maximum Gasteiger partial charge on any atom is 0.190 e. The van der Waals surface area contributed by atoms with Gasteiger partial charge in [0, 0.05) is 34.6 Å². The molecule has 0 aromatic heterocycles. The lowest BCUT2D eigenvalue weighted by atomic mass is 9.67. The number of fused-ring (bicyclic) bond motifs is 1. The Morgan fingerprint density at radius 2 is 1.54 bits per heavy atom. The van der Waals surface area contributed by atoms with Crippen LogP contribution in [0.5, 0.6) is 0 Å². The summed E-state index contributed by atoms with van der Waals surface area (Å²) in [7, 11) is 0. The number of ketones is 3. The molecule has 26 heavy (non-hydrogen) atoms. The van der Waals surface area contributed by atoms with Crippen molar-refractivity contribution < 1.29 is 14.4 Å². The third kappa shape index (κ3) is 3.18. The summed E-state index contributed by atoms with van der Waals surface area (Å²) in [5, 5.41) is 0. The van der Waals surface area contributed by atoms with Crippen molar-refractivity contribution in [2.24, 2.45) is 11.8 Å². The van der Waals surface area contributed by atoms with E-state index >= 15 is 0 Å². The Kier molecular flexibility index (Phi) is 5.52. The molecule has 0 radical (unpaired) electrons. The van der Waals surface area contributed by atoms with Crippen LogP contribution in [0.3, 0.4) is 0 Å². The highest BCUT2D eigenvalue weighted by molar-refractivity contribution is 6.29. The molecule has 3 rings (SSSR count). The van der Waals surface area contributed by atoms with Crippen LogP contribution in [-0.2, 0) is 4.79 Å². The van der Waals surface area contributed by atoms with E-state index in [1.54, 1.807) is 31.2 Å². The lowest BCUT2D eigenvalue weighted by Gasteiger charge is -2.34. The Balaban J connectivity index is 1.92. The number of rotatable bonds is 6. The minimum atomic E-state index is -0.478. The molecule has 1 aromatic carbocycles. The van der Waals surface area contributed by atoms with E-state index in [1.807, 2.05) is 0 Å². The summed E-state index contributed by atoms with van der Waals surface area (Å²) in [6.45, 7) is 8.98. The normalized spacial score (nSPS) is 22.7. The molecule has 0 amide bonds. The first-order valence-corrected chi connectivity index (χ1v) is 9.67. The molecule has 0 bridgehead atoms. The van der Waals surface area contributed by atoms with E-state index in [2.05, 4.69) is 18.7 Å². The molecule has 2 unspecified atom stereocenters. The summed E-state index contributed by atoms with van der Waals surface area (Å²) in [4.78, 5) is 41.0. The van der Waals surface area contributed by atoms with Gasteiger partial charge in [-0.05, 0) is 38.4 Å². The molecule has 0 aliphatic heterocycles. The monoisotopic (exact) mass is 353 g/mol. The van der Waals surface area contributed by atoms with Crippen molar-refractivity contribution in [3.63, 3.8) is 0 Å². The van der Waals surface area contributed by atoms with Crippen molar-refractivity contribution in [2.75, 3.05) is 19.6 Å². The predicted octanol–water partition coefficient (Wildman–Crippen LogP) is 3.71. The Morgan fingerprint density at radius 1 is 0.962 bits per heavy atom. The predicted molar refractivity (Wildman–Crippen MR) is 101 cm³/mol. The van der Waals surface area contributed by atoms with Crippen LogP contribution in [0, 0.1) is 11.8 Å². The van der Waals surface area contributed by atoms with Gasteiger partial charge in [-0.15, -0.1) is 0 Å². The van der Waals surface area contributed by atoms with E-state index in [0.717, 1.165) is 32.5 Å². The van der Waals surface area contributed by atoms with Gasteiger partial charge in [0.1, 0.15) is 5.78 Å². The van der Waals surface area contributed by atoms with Crippen LogP contribution in [0.4, 0.5) is 0 Å². The second-order valence-corrected chi connectivity index (χ2v) is 7.29. The molecule has 0 heterocycles. The number of carbonyl (C=O) groups is 3. The maximum absolute atomic E-state index is 13.1. The Labute approximate surface area is 155 Å². The van der Waals surface area contributed by atoms with Gasteiger partial charge in [-0.1, -0.05) is 45.0 Å². The van der Waals surface area contributed by atoms with Gasteiger partial charge in [0.2, 0.25) is 0 Å². The van der Waals surface area contributed by atoms with Crippen LogP contribution in [-0.4, -0.2) is 41.9 Å². The highest BCUT2D eigenvalue weighted by atomic mass is 16.1. The first-order chi connectivity index (χ1) is 12.5. The Hall–Kier alpha value is -2.07. The van der Waals surface area contributed by atoms with Gasteiger partial charge in [0.25, 0.3) is 0 Å². The van der Waals surface area contributed by atoms with Gasteiger partial charge < -0.3 is 4.90 Å². The fourth-order valence-corrected chi connectivity index (χ4v) is 4.28. The molecule has 2 aliphatic rings. The van der Waals surface area contributed by atoms with Crippen LogP contribution in [0.1, 0.15) is 60.7 Å². The molecule has 0 saturated heterocycles. The molecular formula is C22H27NO3. The molecule has 0 saturated carbocycles. The number of carbonyl (C=O) groups excluding carboxylic acids is 3. The largest absolute Gasteiger partial charge is 0.304 e. The fourth-order valence-electron chi connectivity index (χ4n) is 4.28. The van der Waals surface area contributed by atoms with Crippen LogP contribution in [0.2, 0.25) is 0 Å². The summed E-state index contributed by atoms with van der Waals surface area (Å²) in [6, 6.07) is 6.99. The lowest BCUT2D eigenvalue weighted by Crippen LogP contribution is -2.37. The average molecular weight is 353 g/mol. The van der Waals surface area contributed by atoms with Gasteiger partial charge in [-0.2, -0.15) is 0 Å². The molecule has 138 valence electrons. The number of allylic oxidation sites excluding steroid dienone is 2. The smallest absolute Gasteiger partial charge is 0.190 e. The quantitative estimate of drug-likeness (QED) is 0.782. The third-order valence-corrected chi connectivity index (χ3v) is 5.89. The van der Waals surface area contributed by atoms with Gasteiger partial charge in [-0.3, -0.25) is 14.4 Å². The van der Waals surface area contributed by atoms with Crippen molar-refractivity contribution in [1.82, 2.24) is 4.90 Å². The SMILES string of the molecule is CCN(CC)CCCC1CC(=O)C(C)C2=C1C(=O)c1ccccc1C2=O. The zero-order valence-corrected chi connectivity index (χ0v) is 15.9. The van der Waals surface area contributed by atoms with E-state index in [-0.39, 0.29) is 23.3 Å². The van der Waals surface area contributed by atoms with Gasteiger partial charge >= 0.3 is 0 Å². The highest BCUT2D eigenvalue weighted by Gasteiger charge is 2.43. The second-order valence-electron chi connectivity index (χ2n) is 7.29. The number of hydrogen-bond acceptors (Lipinski definition) is 4. The van der Waals surface area contributed by atoms with E-state index in [9.17, 15) is 14.4 Å². The average Bonchev–Trinajstić information content (AvgIpc) is 2.65. The zero-order chi connectivity index (χ0) is 18.8. The third-order valence-electron chi connectivity index (χ3n) is 5.89. The first kappa shape index (κ1) is 18.7. The van der Waals surface area contributed by atoms with E-state index in [1.165, 1.54) is 0 Å². The summed E-state index contributed by atoms with van der Waals surface area (Å²) in [5.74, 6) is -0.716. The van der Waals surface area contributed by atoms with Gasteiger partial charge in [0.15, 0.2) is 11.6 Å². The molecule has 2 aliphatic carbocycles. The number of nitrogens with zero attached hydrogens (tertiary/aromatic N) is 1. The van der Waals surface area contributed by atoms with Crippen LogP contribution in [0.25, 0.3) is 0 Å². The molecule has 1 aromatic rings. The number of hydrogen-bond donors (Lipinski definition) is 0. The topological polar surface area (TPSA) is 54.5 Å².